The van der Waals surface area contributed by atoms with Crippen molar-refractivity contribution in [3.8, 4) is 5.75 Å². The average Bonchev–Trinajstić information content (AvgIpc) is 2.62. The van der Waals surface area contributed by atoms with E-state index in [0.717, 1.165) is 65.1 Å². The van der Waals surface area contributed by atoms with Crippen molar-refractivity contribution in [2.45, 2.75) is 20.4 Å². The Hall–Kier alpha value is -1.33. The van der Waals surface area contributed by atoms with Gasteiger partial charge in [0.2, 0.25) is 0 Å². The first-order valence-electron chi connectivity index (χ1n) is 9.81. The molecule has 150 valence electrons. The van der Waals surface area contributed by atoms with Gasteiger partial charge in [-0.15, -0.1) is 0 Å². The van der Waals surface area contributed by atoms with Crippen LogP contribution in [0.25, 0.3) is 12.2 Å². The normalized spacial score (nSPS) is 14.6. The Morgan fingerprint density at radius 3 is 2.71 bits per heavy atom. The van der Waals surface area contributed by atoms with Crippen molar-refractivity contribution in [3.63, 3.8) is 0 Å². The van der Waals surface area contributed by atoms with Gasteiger partial charge in [-0.2, -0.15) is 0 Å². The smallest absolute Gasteiger partial charge is 0.123 e. The van der Waals surface area contributed by atoms with E-state index < -0.39 is 0 Å². The fourth-order valence-corrected chi connectivity index (χ4v) is 3.78. The lowest BCUT2D eigenvalue weighted by molar-refractivity contribution is 0.267. The van der Waals surface area contributed by atoms with Gasteiger partial charge in [-0.3, -0.25) is 0 Å². The zero-order valence-corrected chi connectivity index (χ0v) is 18.8. The first-order chi connectivity index (χ1) is 13.5. The Bertz CT molecular complexity index is 818. The van der Waals surface area contributed by atoms with Crippen LogP contribution in [0.2, 0.25) is 5.02 Å². The Labute approximate surface area is 181 Å². The molecule has 0 spiro atoms. The quantitative estimate of drug-likeness (QED) is 0.474. The number of rotatable bonds is 9. The van der Waals surface area contributed by atoms with Crippen LogP contribution in [-0.2, 0) is 6.54 Å². The third kappa shape index (κ3) is 6.35. The maximum Gasteiger partial charge on any atom is 0.123 e. The van der Waals surface area contributed by atoms with E-state index in [1.807, 2.05) is 18.2 Å². The molecule has 3 nitrogen and oxygen atoms in total. The molecule has 2 N–H and O–H groups in total. The maximum atomic E-state index is 6.05. The van der Waals surface area contributed by atoms with Gasteiger partial charge in [-0.1, -0.05) is 65.7 Å². The minimum atomic E-state index is 0.503. The van der Waals surface area contributed by atoms with Gasteiger partial charge in [-0.25, -0.2) is 0 Å². The molecule has 5 heteroatoms. The molecular formula is C23H28BrClN2O. The molecule has 0 aliphatic carbocycles. The van der Waals surface area contributed by atoms with Crippen LogP contribution in [0.5, 0.6) is 5.75 Å². The van der Waals surface area contributed by atoms with Crippen LogP contribution in [0.15, 0.2) is 40.9 Å². The van der Waals surface area contributed by atoms with E-state index in [1.54, 1.807) is 0 Å². The first kappa shape index (κ1) is 21.4. The van der Waals surface area contributed by atoms with Crippen molar-refractivity contribution in [1.82, 2.24) is 10.6 Å². The predicted molar refractivity (Wildman–Crippen MR) is 123 cm³/mol. The highest BCUT2D eigenvalue weighted by Crippen LogP contribution is 2.25. The summed E-state index contributed by atoms with van der Waals surface area (Å²) in [5.74, 6) is 2.21. The lowest BCUT2D eigenvalue weighted by Gasteiger charge is -2.27. The first-order valence-corrected chi connectivity index (χ1v) is 11.0. The van der Waals surface area contributed by atoms with E-state index >= 15 is 0 Å². The largest absolute Gasteiger partial charge is 0.493 e. The topological polar surface area (TPSA) is 33.3 Å². The predicted octanol–water partition coefficient (Wildman–Crippen LogP) is 5.62. The number of hydrogen-bond donors (Lipinski definition) is 2. The van der Waals surface area contributed by atoms with Gasteiger partial charge in [0.05, 0.1) is 6.61 Å². The molecule has 2 aromatic carbocycles. The van der Waals surface area contributed by atoms with Crippen LogP contribution in [0.1, 0.15) is 30.5 Å². The number of nitrogens with one attached hydrogen (secondary N) is 2. The second-order valence-corrected chi connectivity index (χ2v) is 9.02. The minimum absolute atomic E-state index is 0.503. The molecule has 0 aromatic heterocycles. The van der Waals surface area contributed by atoms with Crippen LogP contribution in [0, 0.1) is 11.8 Å². The van der Waals surface area contributed by atoms with E-state index in [9.17, 15) is 0 Å². The summed E-state index contributed by atoms with van der Waals surface area (Å²) in [5.41, 5.74) is 3.45. The highest BCUT2D eigenvalue weighted by atomic mass is 79.9. The Morgan fingerprint density at radius 2 is 2.04 bits per heavy atom. The maximum absolute atomic E-state index is 6.05. The molecule has 1 aliphatic heterocycles. The van der Waals surface area contributed by atoms with Crippen LogP contribution < -0.4 is 15.4 Å². The third-order valence-electron chi connectivity index (χ3n) is 4.69. The van der Waals surface area contributed by atoms with Crippen LogP contribution >= 0.6 is 27.5 Å². The van der Waals surface area contributed by atoms with Crippen molar-refractivity contribution >= 4 is 39.7 Å². The zero-order valence-electron chi connectivity index (χ0n) is 16.5. The van der Waals surface area contributed by atoms with E-state index in [4.69, 9.17) is 16.3 Å². The fraction of sp³-hybridized carbons (Fsp3) is 0.391. The number of benzene rings is 2. The summed E-state index contributed by atoms with van der Waals surface area (Å²) in [6.45, 7) is 9.15. The fourth-order valence-electron chi connectivity index (χ4n) is 2.96. The summed E-state index contributed by atoms with van der Waals surface area (Å²) in [7, 11) is 0. The van der Waals surface area contributed by atoms with Crippen molar-refractivity contribution < 1.29 is 4.74 Å². The summed E-state index contributed by atoms with van der Waals surface area (Å²) < 4.78 is 7.04. The van der Waals surface area contributed by atoms with Gasteiger partial charge in [-0.05, 0) is 47.2 Å². The van der Waals surface area contributed by atoms with Gasteiger partial charge >= 0.3 is 0 Å². The third-order valence-corrected chi connectivity index (χ3v) is 5.61. The summed E-state index contributed by atoms with van der Waals surface area (Å²) in [6.07, 6.45) is 4.22. The van der Waals surface area contributed by atoms with E-state index in [-0.39, 0.29) is 0 Å². The molecule has 0 atom stereocenters. The zero-order chi connectivity index (χ0) is 19.9. The van der Waals surface area contributed by atoms with E-state index in [2.05, 4.69) is 70.8 Å². The van der Waals surface area contributed by atoms with Crippen LogP contribution in [-0.4, -0.2) is 26.2 Å². The van der Waals surface area contributed by atoms with Crippen molar-refractivity contribution in [2.75, 3.05) is 26.2 Å². The van der Waals surface area contributed by atoms with E-state index in [0.29, 0.717) is 5.92 Å². The lowest BCUT2D eigenvalue weighted by Crippen LogP contribution is -2.47. The minimum Gasteiger partial charge on any atom is -0.493 e. The lowest BCUT2D eigenvalue weighted by atomic mass is 10.0. The second kappa shape index (κ2) is 10.4. The summed E-state index contributed by atoms with van der Waals surface area (Å²) in [4.78, 5) is 0. The average molecular weight is 464 g/mol. The molecular weight excluding hydrogens is 436 g/mol. The molecule has 0 bridgehead atoms. The van der Waals surface area contributed by atoms with Crippen molar-refractivity contribution in [2.24, 2.45) is 11.8 Å². The monoisotopic (exact) mass is 462 g/mol. The number of halogens is 2. The molecule has 3 rings (SSSR count). The highest BCUT2D eigenvalue weighted by molar-refractivity contribution is 9.10. The van der Waals surface area contributed by atoms with Gasteiger partial charge < -0.3 is 15.4 Å². The Kier molecular flexibility index (Phi) is 7.98. The summed E-state index contributed by atoms with van der Waals surface area (Å²) >= 11 is 9.60. The number of hydrogen-bond acceptors (Lipinski definition) is 3. The van der Waals surface area contributed by atoms with E-state index in [1.165, 1.54) is 5.56 Å². The molecule has 0 radical (unpaired) electrons. The summed E-state index contributed by atoms with van der Waals surface area (Å²) in [5, 5.41) is 7.63. The SMILES string of the molecule is CC(C)COc1ccc(/C=C/c2ccc(Cl)cc2Br)cc1CNCC1CNC1. The van der Waals surface area contributed by atoms with Gasteiger partial charge in [0.1, 0.15) is 5.75 Å². The standard InChI is InChI=1S/C23H28BrClN2O/c1-16(2)15-28-23-8-4-17(3-5-19-6-7-21(25)10-22(19)24)9-20(23)14-27-13-18-11-26-12-18/h3-10,16,18,26-27H,11-15H2,1-2H3/b5-3+. The van der Waals surface area contributed by atoms with Gasteiger partial charge in [0, 0.05) is 41.2 Å². The molecule has 0 amide bonds. The molecule has 2 aromatic rings. The van der Waals surface area contributed by atoms with Crippen LogP contribution in [0.3, 0.4) is 0 Å². The summed E-state index contributed by atoms with van der Waals surface area (Å²) in [6, 6.07) is 12.2. The van der Waals surface area contributed by atoms with Crippen LogP contribution in [0.4, 0.5) is 0 Å². The van der Waals surface area contributed by atoms with Crippen molar-refractivity contribution in [3.05, 3.63) is 62.6 Å². The molecule has 1 fully saturated rings. The van der Waals surface area contributed by atoms with Crippen molar-refractivity contribution in [1.29, 1.82) is 0 Å². The highest BCUT2D eigenvalue weighted by Gasteiger charge is 2.16. The molecule has 1 heterocycles. The number of ether oxygens (including phenoxy) is 1. The molecule has 28 heavy (non-hydrogen) atoms. The molecule has 1 aliphatic rings. The molecule has 1 saturated heterocycles. The van der Waals surface area contributed by atoms with Gasteiger partial charge in [0.15, 0.2) is 0 Å². The molecule has 0 saturated carbocycles. The molecule has 0 unspecified atom stereocenters. The Morgan fingerprint density at radius 1 is 1.21 bits per heavy atom. The second-order valence-electron chi connectivity index (χ2n) is 7.73. The Balaban J connectivity index is 1.72. The van der Waals surface area contributed by atoms with Gasteiger partial charge in [0.25, 0.3) is 0 Å².